The van der Waals surface area contributed by atoms with Crippen LogP contribution in [0, 0.1) is 0 Å². The van der Waals surface area contributed by atoms with Crippen molar-refractivity contribution in [1.29, 1.82) is 0 Å². The minimum Gasteiger partial charge on any atom is -0.394 e. The Morgan fingerprint density at radius 3 is 2.92 bits per heavy atom. The Morgan fingerprint density at radius 1 is 1.46 bits per heavy atom. The normalized spacial score (nSPS) is 45.7. The maximum Gasteiger partial charge on any atom is 0.0814 e. The van der Waals surface area contributed by atoms with Gasteiger partial charge in [-0.25, -0.2) is 0 Å². The van der Waals surface area contributed by atoms with Gasteiger partial charge in [0.2, 0.25) is 0 Å². The maximum absolute atomic E-state index is 8.99. The van der Waals surface area contributed by atoms with Crippen LogP contribution < -0.4 is 0 Å². The first-order valence-electron chi connectivity index (χ1n) is 5.14. The fourth-order valence-electron chi connectivity index (χ4n) is 2.49. The van der Waals surface area contributed by atoms with Crippen LogP contribution in [0.5, 0.6) is 0 Å². The molecular weight excluding hydrogens is 168 g/mol. The first-order valence-corrected chi connectivity index (χ1v) is 5.14. The third-order valence-corrected chi connectivity index (χ3v) is 3.16. The average molecular weight is 186 g/mol. The zero-order valence-electron chi connectivity index (χ0n) is 8.16. The standard InChI is InChI=1S/C10H18O3/c1-8-6-10(4-5-12-8)3-2-9(7-11)13-10/h8-9,11H,2-7H2,1H3/t8-,9+,10+/m1/s1. The Bertz CT molecular complexity index is 183. The van der Waals surface area contributed by atoms with Gasteiger partial charge in [-0.15, -0.1) is 0 Å². The van der Waals surface area contributed by atoms with Crippen molar-refractivity contribution in [2.45, 2.75) is 50.4 Å². The second-order valence-electron chi connectivity index (χ2n) is 4.28. The van der Waals surface area contributed by atoms with Crippen LogP contribution in [0.15, 0.2) is 0 Å². The Kier molecular flexibility index (Phi) is 2.58. The summed E-state index contributed by atoms with van der Waals surface area (Å²) < 4.78 is 11.4. The molecule has 2 aliphatic rings. The van der Waals surface area contributed by atoms with Gasteiger partial charge in [0.15, 0.2) is 0 Å². The van der Waals surface area contributed by atoms with Gasteiger partial charge in [0, 0.05) is 13.0 Å². The molecule has 0 aromatic carbocycles. The lowest BCUT2D eigenvalue weighted by Crippen LogP contribution is -2.40. The number of ether oxygens (including phenoxy) is 2. The van der Waals surface area contributed by atoms with Crippen LogP contribution in [0.25, 0.3) is 0 Å². The van der Waals surface area contributed by atoms with E-state index >= 15 is 0 Å². The Hall–Kier alpha value is -0.120. The first-order chi connectivity index (χ1) is 6.24. The summed E-state index contributed by atoms with van der Waals surface area (Å²) >= 11 is 0. The van der Waals surface area contributed by atoms with E-state index in [9.17, 15) is 0 Å². The van der Waals surface area contributed by atoms with Gasteiger partial charge in [0.25, 0.3) is 0 Å². The number of aliphatic hydroxyl groups is 1. The molecule has 0 aliphatic carbocycles. The third-order valence-electron chi connectivity index (χ3n) is 3.16. The van der Waals surface area contributed by atoms with Crippen LogP contribution in [0.1, 0.15) is 32.6 Å². The van der Waals surface area contributed by atoms with Gasteiger partial charge in [0.1, 0.15) is 0 Å². The molecule has 2 rings (SSSR count). The van der Waals surface area contributed by atoms with Gasteiger partial charge in [-0.1, -0.05) is 0 Å². The van der Waals surface area contributed by atoms with Crippen LogP contribution in [0.3, 0.4) is 0 Å². The monoisotopic (exact) mass is 186 g/mol. The lowest BCUT2D eigenvalue weighted by molar-refractivity contribution is -0.133. The fourth-order valence-corrected chi connectivity index (χ4v) is 2.49. The second-order valence-corrected chi connectivity index (χ2v) is 4.28. The van der Waals surface area contributed by atoms with E-state index in [0.717, 1.165) is 32.3 Å². The summed E-state index contributed by atoms with van der Waals surface area (Å²) in [6, 6.07) is 0. The summed E-state index contributed by atoms with van der Waals surface area (Å²) in [7, 11) is 0. The summed E-state index contributed by atoms with van der Waals surface area (Å²) in [6.45, 7) is 3.06. The summed E-state index contributed by atoms with van der Waals surface area (Å²) in [6.07, 6.45) is 4.46. The highest BCUT2D eigenvalue weighted by Crippen LogP contribution is 2.39. The molecule has 2 fully saturated rings. The molecule has 2 aliphatic heterocycles. The van der Waals surface area contributed by atoms with E-state index in [2.05, 4.69) is 6.92 Å². The van der Waals surface area contributed by atoms with E-state index in [4.69, 9.17) is 14.6 Å². The molecule has 0 amide bonds. The van der Waals surface area contributed by atoms with Crippen LogP contribution in [0.4, 0.5) is 0 Å². The molecule has 0 saturated carbocycles. The SMILES string of the molecule is C[C@@H]1C[C@@]2(CCO1)CC[C@@H](CO)O2. The Morgan fingerprint density at radius 2 is 2.31 bits per heavy atom. The lowest BCUT2D eigenvalue weighted by atomic mass is 9.88. The highest BCUT2D eigenvalue weighted by atomic mass is 16.5. The number of aliphatic hydroxyl groups excluding tert-OH is 1. The van der Waals surface area contributed by atoms with E-state index in [-0.39, 0.29) is 18.3 Å². The summed E-state index contributed by atoms with van der Waals surface area (Å²) in [5.41, 5.74) is 0.0328. The molecule has 0 bridgehead atoms. The molecule has 13 heavy (non-hydrogen) atoms. The smallest absolute Gasteiger partial charge is 0.0814 e. The minimum atomic E-state index is 0.0328. The van der Waals surface area contributed by atoms with Crippen molar-refractivity contribution in [3.05, 3.63) is 0 Å². The van der Waals surface area contributed by atoms with E-state index in [1.54, 1.807) is 0 Å². The zero-order valence-corrected chi connectivity index (χ0v) is 8.16. The van der Waals surface area contributed by atoms with Crippen molar-refractivity contribution in [2.24, 2.45) is 0 Å². The van der Waals surface area contributed by atoms with Crippen molar-refractivity contribution in [3.63, 3.8) is 0 Å². The Labute approximate surface area is 79.0 Å². The maximum atomic E-state index is 8.99. The molecule has 0 aromatic rings. The van der Waals surface area contributed by atoms with Crippen LogP contribution in [-0.4, -0.2) is 36.1 Å². The topological polar surface area (TPSA) is 38.7 Å². The highest BCUT2D eigenvalue weighted by molar-refractivity contribution is 4.92. The molecule has 0 radical (unpaired) electrons. The molecule has 3 nitrogen and oxygen atoms in total. The van der Waals surface area contributed by atoms with E-state index < -0.39 is 0 Å². The fraction of sp³-hybridized carbons (Fsp3) is 1.00. The van der Waals surface area contributed by atoms with Gasteiger partial charge in [-0.2, -0.15) is 0 Å². The molecular formula is C10H18O3. The summed E-state index contributed by atoms with van der Waals surface area (Å²) in [4.78, 5) is 0. The van der Waals surface area contributed by atoms with Crippen molar-refractivity contribution < 1.29 is 14.6 Å². The summed E-state index contributed by atoms with van der Waals surface area (Å²) in [5.74, 6) is 0. The van der Waals surface area contributed by atoms with E-state index in [1.165, 1.54) is 0 Å². The largest absolute Gasteiger partial charge is 0.394 e. The highest BCUT2D eigenvalue weighted by Gasteiger charge is 2.42. The zero-order chi connectivity index (χ0) is 9.31. The molecule has 2 saturated heterocycles. The molecule has 3 heteroatoms. The predicted octanol–water partition coefficient (Wildman–Crippen LogP) is 1.10. The molecule has 0 aromatic heterocycles. The van der Waals surface area contributed by atoms with Crippen LogP contribution in [-0.2, 0) is 9.47 Å². The molecule has 76 valence electrons. The third kappa shape index (κ3) is 1.87. The van der Waals surface area contributed by atoms with Crippen molar-refractivity contribution in [3.8, 4) is 0 Å². The minimum absolute atomic E-state index is 0.0328. The van der Waals surface area contributed by atoms with Gasteiger partial charge in [-0.3, -0.25) is 0 Å². The molecule has 1 N–H and O–H groups in total. The predicted molar refractivity (Wildman–Crippen MR) is 48.6 cm³/mol. The van der Waals surface area contributed by atoms with Gasteiger partial charge < -0.3 is 14.6 Å². The van der Waals surface area contributed by atoms with Gasteiger partial charge in [0.05, 0.1) is 24.4 Å². The molecule has 3 atom stereocenters. The van der Waals surface area contributed by atoms with Gasteiger partial charge in [-0.05, 0) is 26.2 Å². The van der Waals surface area contributed by atoms with Crippen LogP contribution >= 0.6 is 0 Å². The van der Waals surface area contributed by atoms with Gasteiger partial charge >= 0.3 is 0 Å². The van der Waals surface area contributed by atoms with Crippen molar-refractivity contribution in [2.75, 3.05) is 13.2 Å². The van der Waals surface area contributed by atoms with Crippen molar-refractivity contribution >= 4 is 0 Å². The quantitative estimate of drug-likeness (QED) is 0.666. The average Bonchev–Trinajstić information content (AvgIpc) is 2.48. The number of hydrogen-bond acceptors (Lipinski definition) is 3. The number of hydrogen-bond donors (Lipinski definition) is 1. The second kappa shape index (κ2) is 3.56. The van der Waals surface area contributed by atoms with Crippen molar-refractivity contribution in [1.82, 2.24) is 0 Å². The Balaban J connectivity index is 1.97. The molecule has 1 spiro atoms. The summed E-state index contributed by atoms with van der Waals surface area (Å²) in [5, 5.41) is 8.99. The van der Waals surface area contributed by atoms with E-state index in [1.807, 2.05) is 0 Å². The lowest BCUT2D eigenvalue weighted by Gasteiger charge is -2.36. The molecule has 2 heterocycles. The van der Waals surface area contributed by atoms with Crippen LogP contribution in [0.2, 0.25) is 0 Å². The molecule has 0 unspecified atom stereocenters. The van der Waals surface area contributed by atoms with E-state index in [0.29, 0.717) is 6.10 Å². The number of rotatable bonds is 1. The first kappa shape index (κ1) is 9.44.